The number of sulfonamides is 1. The number of ether oxygens (including phenoxy) is 3. The summed E-state index contributed by atoms with van der Waals surface area (Å²) in [7, 11) is -0.562. The lowest BCUT2D eigenvalue weighted by atomic mass is 10.0. The van der Waals surface area contributed by atoms with Crippen molar-refractivity contribution in [1.29, 1.82) is 0 Å². The summed E-state index contributed by atoms with van der Waals surface area (Å²) in [6.07, 6.45) is 2.26. The molecule has 11 heteroatoms. The van der Waals surface area contributed by atoms with Crippen LogP contribution in [0.2, 0.25) is 0 Å². The Morgan fingerprint density at radius 2 is 1.88 bits per heavy atom. The molecule has 40 heavy (non-hydrogen) atoms. The number of fused-ring (bicyclic) bond motifs is 1. The van der Waals surface area contributed by atoms with E-state index in [2.05, 4.69) is 10.0 Å². The fourth-order valence-corrected chi connectivity index (χ4v) is 5.70. The van der Waals surface area contributed by atoms with Gasteiger partial charge in [0.2, 0.25) is 0 Å². The first kappa shape index (κ1) is 31.7. The van der Waals surface area contributed by atoms with Gasteiger partial charge >= 0.3 is 0 Å². The van der Waals surface area contributed by atoms with Crippen LogP contribution in [0.5, 0.6) is 11.5 Å². The lowest BCUT2D eigenvalue weighted by Crippen LogP contribution is -2.47. The van der Waals surface area contributed by atoms with E-state index in [1.54, 1.807) is 36.1 Å². The van der Waals surface area contributed by atoms with Gasteiger partial charge in [-0.05, 0) is 82.6 Å². The number of amides is 1. The number of hydrogen-bond acceptors (Lipinski definition) is 8. The molecule has 3 rings (SSSR count). The van der Waals surface area contributed by atoms with Gasteiger partial charge in [0.05, 0.1) is 42.4 Å². The van der Waals surface area contributed by atoms with Gasteiger partial charge in [0.25, 0.3) is 15.9 Å². The molecule has 0 aromatic heterocycles. The number of carbonyl (C=O) groups is 1. The molecule has 10 nitrogen and oxygen atoms in total. The number of rotatable bonds is 8. The Morgan fingerprint density at radius 3 is 2.52 bits per heavy atom. The van der Waals surface area contributed by atoms with E-state index < -0.39 is 16.1 Å². The minimum atomic E-state index is -3.93. The maximum atomic E-state index is 14.1. The predicted molar refractivity (Wildman–Crippen MR) is 155 cm³/mol. The van der Waals surface area contributed by atoms with Crippen molar-refractivity contribution < 1.29 is 32.5 Å². The molecule has 0 fully saturated rings. The maximum absolute atomic E-state index is 14.1. The highest BCUT2D eigenvalue weighted by Crippen LogP contribution is 2.29. The van der Waals surface area contributed by atoms with Crippen molar-refractivity contribution >= 4 is 21.6 Å². The van der Waals surface area contributed by atoms with Gasteiger partial charge in [0.1, 0.15) is 11.5 Å². The van der Waals surface area contributed by atoms with E-state index in [4.69, 9.17) is 14.2 Å². The SMILES string of the molecule is CNC[C@@H]1OCCCC[C@@H](C)Oc2ccc(NS(=O)(=O)c3ccc(OC)cc3)cc2C(=O)N([C@H](C)CO)C[C@H]1C. The van der Waals surface area contributed by atoms with Crippen molar-refractivity contribution in [2.75, 3.05) is 45.2 Å². The molecule has 3 N–H and O–H groups in total. The zero-order valence-electron chi connectivity index (χ0n) is 24.1. The Labute approximate surface area is 238 Å². The average Bonchev–Trinajstić information content (AvgIpc) is 2.94. The van der Waals surface area contributed by atoms with E-state index in [0.717, 1.165) is 19.3 Å². The third-order valence-electron chi connectivity index (χ3n) is 7.08. The van der Waals surface area contributed by atoms with Crippen LogP contribution in [0.3, 0.4) is 0 Å². The topological polar surface area (TPSA) is 126 Å². The Morgan fingerprint density at radius 1 is 1.15 bits per heavy atom. The van der Waals surface area contributed by atoms with Gasteiger partial charge in [-0.25, -0.2) is 8.42 Å². The highest BCUT2D eigenvalue weighted by Gasteiger charge is 2.30. The predicted octanol–water partition coefficient (Wildman–Crippen LogP) is 3.51. The number of nitrogens with one attached hydrogen (secondary N) is 2. The Bertz CT molecular complexity index is 1210. The Hall–Kier alpha value is -2.86. The van der Waals surface area contributed by atoms with Crippen LogP contribution in [0.15, 0.2) is 47.4 Å². The molecule has 0 unspecified atom stereocenters. The third kappa shape index (κ3) is 8.33. The van der Waals surface area contributed by atoms with Crippen LogP contribution in [0.4, 0.5) is 5.69 Å². The molecule has 0 saturated heterocycles. The minimum Gasteiger partial charge on any atom is -0.497 e. The number of methoxy groups -OCH3 is 1. The van der Waals surface area contributed by atoms with Crippen LogP contribution < -0.4 is 19.5 Å². The molecular formula is C29H43N3O7S. The summed E-state index contributed by atoms with van der Waals surface area (Å²) >= 11 is 0. The summed E-state index contributed by atoms with van der Waals surface area (Å²) in [6.45, 7) is 7.10. The summed E-state index contributed by atoms with van der Waals surface area (Å²) < 4.78 is 46.3. The fraction of sp³-hybridized carbons (Fsp3) is 0.552. The van der Waals surface area contributed by atoms with Gasteiger partial charge in [-0.2, -0.15) is 0 Å². The van der Waals surface area contributed by atoms with Gasteiger partial charge < -0.3 is 29.5 Å². The van der Waals surface area contributed by atoms with Crippen molar-refractivity contribution in [1.82, 2.24) is 10.2 Å². The largest absolute Gasteiger partial charge is 0.497 e. The molecule has 1 amide bonds. The summed E-state index contributed by atoms with van der Waals surface area (Å²) in [6, 6.07) is 10.3. The second-order valence-electron chi connectivity index (χ2n) is 10.3. The molecule has 2 aromatic carbocycles. The van der Waals surface area contributed by atoms with E-state index in [1.807, 2.05) is 20.9 Å². The lowest BCUT2D eigenvalue weighted by molar-refractivity contribution is -0.000450. The van der Waals surface area contributed by atoms with Crippen LogP contribution >= 0.6 is 0 Å². The van der Waals surface area contributed by atoms with Crippen LogP contribution in [0.1, 0.15) is 50.4 Å². The number of hydrogen-bond donors (Lipinski definition) is 3. The number of aliphatic hydroxyl groups is 1. The molecule has 0 spiro atoms. The molecular weight excluding hydrogens is 534 g/mol. The number of likely N-dealkylation sites (N-methyl/N-ethyl adjacent to an activating group) is 1. The van der Waals surface area contributed by atoms with Crippen molar-refractivity contribution in [2.24, 2.45) is 5.92 Å². The molecule has 0 bridgehead atoms. The molecule has 0 saturated carbocycles. The highest BCUT2D eigenvalue weighted by molar-refractivity contribution is 7.92. The summed E-state index contributed by atoms with van der Waals surface area (Å²) in [5.74, 6) is 0.513. The summed E-state index contributed by atoms with van der Waals surface area (Å²) in [5.41, 5.74) is 0.443. The normalized spacial score (nSPS) is 22.0. The van der Waals surface area contributed by atoms with Crippen LogP contribution in [-0.4, -0.2) is 83.0 Å². The van der Waals surface area contributed by atoms with Crippen LogP contribution in [0, 0.1) is 5.92 Å². The molecule has 222 valence electrons. The molecule has 4 atom stereocenters. The standard InChI is InChI=1S/C29H43N3O7S/c1-20-18-32(21(2)19-33)29(34)26-16-23(31-40(35,36)25-12-10-24(37-5)11-13-25)9-14-27(26)39-22(3)8-6-7-15-38-28(20)17-30-4/h9-14,16,20-22,28,30-31,33H,6-8,15,17-19H2,1-5H3/t20-,21-,22-,28+/m1/s1. The van der Waals surface area contributed by atoms with Gasteiger partial charge in [0, 0.05) is 31.3 Å². The number of carbonyl (C=O) groups excluding carboxylic acids is 1. The van der Waals surface area contributed by atoms with Gasteiger partial charge in [-0.15, -0.1) is 0 Å². The second kappa shape index (κ2) is 14.7. The van der Waals surface area contributed by atoms with Crippen molar-refractivity contribution in [3.8, 4) is 11.5 Å². The second-order valence-corrected chi connectivity index (χ2v) is 12.0. The fourth-order valence-electron chi connectivity index (χ4n) is 4.65. The minimum absolute atomic E-state index is 0.0339. The zero-order valence-corrected chi connectivity index (χ0v) is 24.9. The van der Waals surface area contributed by atoms with E-state index in [0.29, 0.717) is 31.2 Å². The molecule has 1 heterocycles. The van der Waals surface area contributed by atoms with Gasteiger partial charge in [0.15, 0.2) is 0 Å². The zero-order chi connectivity index (χ0) is 29.3. The third-order valence-corrected chi connectivity index (χ3v) is 8.48. The monoisotopic (exact) mass is 577 g/mol. The first-order valence-electron chi connectivity index (χ1n) is 13.7. The van der Waals surface area contributed by atoms with Crippen LogP contribution in [-0.2, 0) is 14.8 Å². The molecule has 1 aliphatic rings. The maximum Gasteiger partial charge on any atom is 0.261 e. The lowest BCUT2D eigenvalue weighted by Gasteiger charge is -2.34. The van der Waals surface area contributed by atoms with E-state index in [1.165, 1.54) is 25.3 Å². The van der Waals surface area contributed by atoms with Gasteiger partial charge in [-0.1, -0.05) is 6.92 Å². The molecule has 1 aliphatic heterocycles. The molecule has 0 aliphatic carbocycles. The van der Waals surface area contributed by atoms with Gasteiger partial charge in [-0.3, -0.25) is 9.52 Å². The smallest absolute Gasteiger partial charge is 0.261 e. The first-order valence-corrected chi connectivity index (χ1v) is 15.2. The summed E-state index contributed by atoms with van der Waals surface area (Å²) in [5, 5.41) is 13.2. The van der Waals surface area contributed by atoms with Crippen molar-refractivity contribution in [3.05, 3.63) is 48.0 Å². The summed E-state index contributed by atoms with van der Waals surface area (Å²) in [4.78, 5) is 15.7. The van der Waals surface area contributed by atoms with Crippen molar-refractivity contribution in [2.45, 2.75) is 63.2 Å². The highest BCUT2D eigenvalue weighted by atomic mass is 32.2. The van der Waals surface area contributed by atoms with E-state index in [9.17, 15) is 18.3 Å². The molecule has 0 radical (unpaired) electrons. The number of nitrogens with zero attached hydrogens (tertiary/aromatic N) is 1. The van der Waals surface area contributed by atoms with E-state index in [-0.39, 0.29) is 46.8 Å². The first-order chi connectivity index (χ1) is 19.1. The number of anilines is 1. The number of aliphatic hydroxyl groups excluding tert-OH is 1. The Kier molecular flexibility index (Phi) is 11.6. The molecule has 2 aromatic rings. The van der Waals surface area contributed by atoms with Crippen molar-refractivity contribution in [3.63, 3.8) is 0 Å². The van der Waals surface area contributed by atoms with E-state index >= 15 is 0 Å². The number of benzene rings is 2. The van der Waals surface area contributed by atoms with Crippen LogP contribution in [0.25, 0.3) is 0 Å². The quantitative estimate of drug-likeness (QED) is 0.435. The average molecular weight is 578 g/mol. The Balaban J connectivity index is 2.01.